The van der Waals surface area contributed by atoms with E-state index in [1.807, 2.05) is 0 Å². The second-order valence-corrected chi connectivity index (χ2v) is 2.80. The van der Waals surface area contributed by atoms with Gasteiger partial charge in [-0.05, 0) is 33.4 Å². The molecule has 0 heterocycles. The summed E-state index contributed by atoms with van der Waals surface area (Å²) >= 11 is 0. The summed E-state index contributed by atoms with van der Waals surface area (Å²) in [5.41, 5.74) is 5.40. The van der Waals surface area contributed by atoms with Crippen LogP contribution in [0.15, 0.2) is 12.2 Å². The van der Waals surface area contributed by atoms with Gasteiger partial charge in [0.1, 0.15) is 0 Å². The molecule has 0 aliphatic carbocycles. The van der Waals surface area contributed by atoms with E-state index in [4.69, 9.17) is 5.73 Å². The highest BCUT2D eigenvalue weighted by molar-refractivity contribution is 4.76. The van der Waals surface area contributed by atoms with Crippen LogP contribution in [0.25, 0.3) is 0 Å². The first-order valence-corrected chi connectivity index (χ1v) is 4.31. The predicted octanol–water partition coefficient (Wildman–Crippen LogP) is 1.23. The quantitative estimate of drug-likeness (QED) is 0.463. The van der Waals surface area contributed by atoms with Crippen LogP contribution in [0.4, 0.5) is 0 Å². The molecule has 0 atom stereocenters. The average molecular weight is 156 g/mol. The molecule has 11 heavy (non-hydrogen) atoms. The zero-order valence-electron chi connectivity index (χ0n) is 7.71. The topological polar surface area (TPSA) is 29.3 Å². The van der Waals surface area contributed by atoms with Crippen molar-refractivity contribution in [1.82, 2.24) is 4.90 Å². The van der Waals surface area contributed by atoms with Gasteiger partial charge in [0, 0.05) is 13.1 Å². The molecule has 0 aromatic carbocycles. The molecule has 0 rings (SSSR count). The number of hydrogen-bond donors (Lipinski definition) is 1. The average Bonchev–Trinajstić information content (AvgIpc) is 1.99. The second kappa shape index (κ2) is 7.76. The molecule has 66 valence electrons. The van der Waals surface area contributed by atoms with Crippen LogP contribution in [0.3, 0.4) is 0 Å². The van der Waals surface area contributed by atoms with Gasteiger partial charge in [0.05, 0.1) is 0 Å². The molecule has 0 saturated carbocycles. The molecule has 0 bridgehead atoms. The van der Waals surface area contributed by atoms with Crippen molar-refractivity contribution in [1.29, 1.82) is 0 Å². The highest BCUT2D eigenvalue weighted by Crippen LogP contribution is 1.93. The van der Waals surface area contributed by atoms with E-state index >= 15 is 0 Å². The minimum absolute atomic E-state index is 0.764. The second-order valence-electron chi connectivity index (χ2n) is 2.80. The molecular formula is C9H20N2. The Morgan fingerprint density at radius 2 is 2.09 bits per heavy atom. The molecule has 2 nitrogen and oxygen atoms in total. The van der Waals surface area contributed by atoms with Crippen molar-refractivity contribution < 1.29 is 0 Å². The van der Waals surface area contributed by atoms with Crippen molar-refractivity contribution >= 4 is 0 Å². The van der Waals surface area contributed by atoms with Gasteiger partial charge in [-0.2, -0.15) is 0 Å². The van der Waals surface area contributed by atoms with Crippen LogP contribution in [0, 0.1) is 0 Å². The summed E-state index contributed by atoms with van der Waals surface area (Å²) in [6.45, 7) is 4.99. The molecule has 0 aliphatic heterocycles. The third kappa shape index (κ3) is 7.56. The Kier molecular flexibility index (Phi) is 7.52. The highest BCUT2D eigenvalue weighted by Gasteiger charge is 1.93. The van der Waals surface area contributed by atoms with Gasteiger partial charge in [-0.15, -0.1) is 0 Å². The minimum atomic E-state index is 0.764. The number of unbranched alkanes of at least 4 members (excludes halogenated alkanes) is 1. The van der Waals surface area contributed by atoms with Crippen LogP contribution in [0.5, 0.6) is 0 Å². The van der Waals surface area contributed by atoms with Crippen LogP contribution in [-0.2, 0) is 0 Å². The van der Waals surface area contributed by atoms with Crippen molar-refractivity contribution in [2.75, 3.05) is 26.7 Å². The number of hydrogen-bond acceptors (Lipinski definition) is 2. The number of nitrogens with zero attached hydrogens (tertiary/aromatic N) is 1. The third-order valence-corrected chi connectivity index (χ3v) is 1.66. The van der Waals surface area contributed by atoms with E-state index in [2.05, 4.69) is 31.0 Å². The molecule has 0 amide bonds. The molecule has 0 radical (unpaired) electrons. The molecule has 2 N–H and O–H groups in total. The fourth-order valence-electron chi connectivity index (χ4n) is 0.978. The Bertz CT molecular complexity index is 99.7. The number of rotatable bonds is 6. The monoisotopic (exact) mass is 156 g/mol. The van der Waals surface area contributed by atoms with E-state index in [-0.39, 0.29) is 0 Å². The largest absolute Gasteiger partial charge is 0.329 e. The fraction of sp³-hybridized carbons (Fsp3) is 0.778. The van der Waals surface area contributed by atoms with Gasteiger partial charge in [0.2, 0.25) is 0 Å². The summed E-state index contributed by atoms with van der Waals surface area (Å²) in [6.07, 6.45) is 6.73. The van der Waals surface area contributed by atoms with Crippen molar-refractivity contribution in [2.24, 2.45) is 5.73 Å². The summed E-state index contributed by atoms with van der Waals surface area (Å²) in [6, 6.07) is 0. The lowest BCUT2D eigenvalue weighted by Crippen LogP contribution is -2.26. The number of likely N-dealkylation sites (N-methyl/N-ethyl adjacent to an activating group) is 1. The maximum atomic E-state index is 5.40. The number of nitrogens with two attached hydrogens (primary N) is 1. The molecule has 0 fully saturated rings. The Hall–Kier alpha value is -0.340. The molecule has 0 unspecified atom stereocenters. The molecule has 0 aliphatic rings. The lowest BCUT2D eigenvalue weighted by molar-refractivity contribution is 0.339. The van der Waals surface area contributed by atoms with Crippen LogP contribution < -0.4 is 5.73 Å². The Morgan fingerprint density at radius 3 is 2.64 bits per heavy atom. The maximum Gasteiger partial charge on any atom is 0.0102 e. The van der Waals surface area contributed by atoms with Crippen LogP contribution in [0.2, 0.25) is 0 Å². The van der Waals surface area contributed by atoms with Crippen molar-refractivity contribution in [3.8, 4) is 0 Å². The Balaban J connectivity index is 3.10. The van der Waals surface area contributed by atoms with E-state index in [1.54, 1.807) is 0 Å². The zero-order chi connectivity index (χ0) is 8.53. The lowest BCUT2D eigenvalue weighted by atomic mass is 10.3. The van der Waals surface area contributed by atoms with E-state index < -0.39 is 0 Å². The predicted molar refractivity (Wildman–Crippen MR) is 50.6 cm³/mol. The summed E-state index contributed by atoms with van der Waals surface area (Å²) in [7, 11) is 2.11. The van der Waals surface area contributed by atoms with Gasteiger partial charge in [0.25, 0.3) is 0 Å². The molecule has 2 heteroatoms. The third-order valence-electron chi connectivity index (χ3n) is 1.66. The van der Waals surface area contributed by atoms with Crippen molar-refractivity contribution in [3.63, 3.8) is 0 Å². The van der Waals surface area contributed by atoms with Crippen molar-refractivity contribution in [2.45, 2.75) is 19.8 Å². The first-order chi connectivity index (χ1) is 5.31. The van der Waals surface area contributed by atoms with Gasteiger partial charge in [-0.3, -0.25) is 0 Å². The fourth-order valence-corrected chi connectivity index (χ4v) is 0.978. The first-order valence-electron chi connectivity index (χ1n) is 4.31. The standard InChI is InChI=1S/C9H20N2/c1-3-4-5-6-8-11(2)9-7-10/h3-4H,5-10H2,1-2H3/b4-3+. The molecule has 0 aromatic rings. The molecule has 0 aromatic heterocycles. The Labute approximate surface area is 70.1 Å². The van der Waals surface area contributed by atoms with E-state index in [9.17, 15) is 0 Å². The summed E-state index contributed by atoms with van der Waals surface area (Å²) in [5, 5.41) is 0. The van der Waals surface area contributed by atoms with Gasteiger partial charge in [-0.1, -0.05) is 12.2 Å². The smallest absolute Gasteiger partial charge is 0.0102 e. The van der Waals surface area contributed by atoms with Gasteiger partial charge in [-0.25, -0.2) is 0 Å². The summed E-state index contributed by atoms with van der Waals surface area (Å²) in [4.78, 5) is 2.27. The van der Waals surface area contributed by atoms with Crippen molar-refractivity contribution in [3.05, 3.63) is 12.2 Å². The maximum absolute atomic E-state index is 5.40. The first kappa shape index (κ1) is 10.7. The van der Waals surface area contributed by atoms with Gasteiger partial charge >= 0.3 is 0 Å². The van der Waals surface area contributed by atoms with Crippen LogP contribution in [-0.4, -0.2) is 31.6 Å². The normalized spacial score (nSPS) is 11.6. The molecular weight excluding hydrogens is 136 g/mol. The van der Waals surface area contributed by atoms with E-state index in [0.717, 1.165) is 19.6 Å². The lowest BCUT2D eigenvalue weighted by Gasteiger charge is -2.13. The van der Waals surface area contributed by atoms with Gasteiger partial charge in [0.15, 0.2) is 0 Å². The molecule has 0 saturated heterocycles. The van der Waals surface area contributed by atoms with E-state index in [0.29, 0.717) is 0 Å². The minimum Gasteiger partial charge on any atom is -0.329 e. The Morgan fingerprint density at radius 1 is 1.36 bits per heavy atom. The SMILES string of the molecule is C/C=C/CCCN(C)CCN. The van der Waals surface area contributed by atoms with Gasteiger partial charge < -0.3 is 10.6 Å². The van der Waals surface area contributed by atoms with Crippen LogP contribution in [0.1, 0.15) is 19.8 Å². The van der Waals surface area contributed by atoms with Crippen LogP contribution >= 0.6 is 0 Å². The van der Waals surface area contributed by atoms with E-state index in [1.165, 1.54) is 12.8 Å². The molecule has 0 spiro atoms. The summed E-state index contributed by atoms with van der Waals surface area (Å²) < 4.78 is 0. The highest BCUT2D eigenvalue weighted by atomic mass is 15.1. The number of allylic oxidation sites excluding steroid dienone is 2. The zero-order valence-corrected chi connectivity index (χ0v) is 7.71. The summed E-state index contributed by atoms with van der Waals surface area (Å²) in [5.74, 6) is 0.